The van der Waals surface area contributed by atoms with Crippen LogP contribution >= 0.6 is 0 Å². The van der Waals surface area contributed by atoms with E-state index in [1.807, 2.05) is 6.92 Å². The summed E-state index contributed by atoms with van der Waals surface area (Å²) in [7, 11) is 2.29. The van der Waals surface area contributed by atoms with Crippen LogP contribution in [0.2, 0.25) is 6.04 Å². The number of nitrogens with zero attached hydrogens (tertiary/aromatic N) is 1. The van der Waals surface area contributed by atoms with Gasteiger partial charge in [0.05, 0.1) is 0 Å². The van der Waals surface area contributed by atoms with E-state index in [1.54, 1.807) is 26.2 Å². The van der Waals surface area contributed by atoms with E-state index in [0.29, 0.717) is 12.6 Å². The van der Waals surface area contributed by atoms with Gasteiger partial charge in [-0.05, 0) is 12.8 Å². The van der Waals surface area contributed by atoms with Crippen LogP contribution in [0.25, 0.3) is 0 Å². The lowest BCUT2D eigenvalue weighted by molar-refractivity contribution is -0.118. The van der Waals surface area contributed by atoms with Gasteiger partial charge in [-0.1, -0.05) is 6.92 Å². The van der Waals surface area contributed by atoms with Crippen LogP contribution in [0.3, 0.4) is 0 Å². The van der Waals surface area contributed by atoms with Crippen molar-refractivity contribution in [3.63, 3.8) is 0 Å². The minimum absolute atomic E-state index is 0.289. The summed E-state index contributed by atoms with van der Waals surface area (Å²) in [5.41, 5.74) is 0. The Morgan fingerprint density at radius 1 is 1.25 bits per heavy atom. The van der Waals surface area contributed by atoms with E-state index in [-0.39, 0.29) is 5.92 Å². The molecule has 0 bridgehead atoms. The first-order valence-electron chi connectivity index (χ1n) is 5.42. The van der Waals surface area contributed by atoms with E-state index in [0.717, 1.165) is 13.0 Å². The summed E-state index contributed by atoms with van der Waals surface area (Å²) in [6, 6.07) is 0.709. The Hall–Kier alpha value is -0.433. The molecule has 0 aliphatic carbocycles. The molecule has 16 heavy (non-hydrogen) atoms. The lowest BCUT2D eigenvalue weighted by atomic mass is 10.2. The van der Waals surface area contributed by atoms with E-state index in [9.17, 15) is 4.79 Å². The summed E-state index contributed by atoms with van der Waals surface area (Å²) < 4.78 is 16.0. The maximum Gasteiger partial charge on any atom is 0.500 e. The van der Waals surface area contributed by atoms with Gasteiger partial charge in [0.25, 0.3) is 0 Å². The highest BCUT2D eigenvalue weighted by atomic mass is 28.4. The second kappa shape index (κ2) is 7.78. The van der Waals surface area contributed by atoms with E-state index < -0.39 is 8.80 Å². The molecular formula is C10H23NO4Si. The number of hydrogen-bond acceptors (Lipinski definition) is 4. The van der Waals surface area contributed by atoms with Crippen LogP contribution < -0.4 is 0 Å². The smallest absolute Gasteiger partial charge is 0.377 e. The molecule has 0 radical (unpaired) electrons. The van der Waals surface area contributed by atoms with Gasteiger partial charge in [-0.2, -0.15) is 0 Å². The maximum atomic E-state index is 10.7. The van der Waals surface area contributed by atoms with Crippen LogP contribution in [0.1, 0.15) is 13.8 Å². The standard InChI is InChI=1S/C10H23NO4Si/c1-6-11(9-12)7-10(2)8-16(13-3,14-4)15-5/h9-10H,6-8H2,1-5H3. The molecule has 0 aromatic rings. The molecule has 1 atom stereocenters. The van der Waals surface area contributed by atoms with Crippen LogP contribution in [0, 0.1) is 5.92 Å². The van der Waals surface area contributed by atoms with Crippen LogP contribution in [0.5, 0.6) is 0 Å². The molecule has 6 heteroatoms. The fourth-order valence-electron chi connectivity index (χ4n) is 1.64. The number of hydrogen-bond donors (Lipinski definition) is 0. The van der Waals surface area contributed by atoms with Gasteiger partial charge >= 0.3 is 8.80 Å². The third kappa shape index (κ3) is 4.61. The first-order valence-corrected chi connectivity index (χ1v) is 7.35. The van der Waals surface area contributed by atoms with Crippen molar-refractivity contribution in [3.8, 4) is 0 Å². The molecule has 1 unspecified atom stereocenters. The Labute approximate surface area is 99.0 Å². The molecule has 96 valence electrons. The lowest BCUT2D eigenvalue weighted by Crippen LogP contribution is -2.45. The van der Waals surface area contributed by atoms with Crippen molar-refractivity contribution in [2.45, 2.75) is 19.9 Å². The molecule has 0 spiro atoms. The number of carbonyl (C=O) groups is 1. The third-order valence-electron chi connectivity index (χ3n) is 2.63. The van der Waals surface area contributed by atoms with Crippen molar-refractivity contribution in [2.24, 2.45) is 5.92 Å². The van der Waals surface area contributed by atoms with E-state index in [2.05, 4.69) is 6.92 Å². The fourth-order valence-corrected chi connectivity index (χ4v) is 3.62. The molecule has 0 fully saturated rings. The molecule has 0 N–H and O–H groups in total. The van der Waals surface area contributed by atoms with Crippen molar-refractivity contribution in [1.82, 2.24) is 4.90 Å². The molecule has 0 heterocycles. The zero-order valence-corrected chi connectivity index (χ0v) is 11.9. The van der Waals surface area contributed by atoms with Crippen molar-refractivity contribution in [2.75, 3.05) is 34.4 Å². The molecule has 0 aromatic carbocycles. The summed E-state index contributed by atoms with van der Waals surface area (Å²) in [5, 5.41) is 0. The van der Waals surface area contributed by atoms with Crippen molar-refractivity contribution < 1.29 is 18.1 Å². The highest BCUT2D eigenvalue weighted by molar-refractivity contribution is 6.60. The fraction of sp³-hybridized carbons (Fsp3) is 0.900. The number of carbonyl (C=O) groups excluding carboxylic acids is 1. The summed E-state index contributed by atoms with van der Waals surface area (Å²) in [6.45, 7) is 5.43. The molecule has 0 aromatic heterocycles. The summed E-state index contributed by atoms with van der Waals surface area (Å²) >= 11 is 0. The van der Waals surface area contributed by atoms with Crippen LogP contribution in [-0.2, 0) is 18.1 Å². The van der Waals surface area contributed by atoms with E-state index in [4.69, 9.17) is 13.3 Å². The Kier molecular flexibility index (Phi) is 7.57. The van der Waals surface area contributed by atoms with E-state index >= 15 is 0 Å². The Bertz CT molecular complexity index is 191. The van der Waals surface area contributed by atoms with Crippen molar-refractivity contribution in [3.05, 3.63) is 0 Å². The number of amides is 1. The highest BCUT2D eigenvalue weighted by Gasteiger charge is 2.39. The summed E-state index contributed by atoms with van der Waals surface area (Å²) in [5.74, 6) is 0.289. The second-order valence-electron chi connectivity index (χ2n) is 3.80. The van der Waals surface area contributed by atoms with Gasteiger partial charge in [0, 0.05) is 40.5 Å². The normalized spacial score (nSPS) is 13.6. The first-order chi connectivity index (χ1) is 7.57. The number of rotatable bonds is 9. The molecule has 0 saturated carbocycles. The molecule has 0 saturated heterocycles. The topological polar surface area (TPSA) is 48.0 Å². The molecule has 1 amide bonds. The zero-order chi connectivity index (χ0) is 12.6. The molecule has 0 aliphatic rings. The van der Waals surface area contributed by atoms with Gasteiger partial charge in [0.15, 0.2) is 0 Å². The van der Waals surface area contributed by atoms with Gasteiger partial charge in [-0.3, -0.25) is 4.79 Å². The van der Waals surface area contributed by atoms with Crippen LogP contribution in [0.15, 0.2) is 0 Å². The third-order valence-corrected chi connectivity index (χ3v) is 5.70. The van der Waals surface area contributed by atoms with Crippen molar-refractivity contribution >= 4 is 15.2 Å². The quantitative estimate of drug-likeness (QED) is 0.451. The summed E-state index contributed by atoms with van der Waals surface area (Å²) in [4.78, 5) is 12.4. The van der Waals surface area contributed by atoms with Crippen LogP contribution in [0.4, 0.5) is 0 Å². The largest absolute Gasteiger partial charge is 0.500 e. The molecule has 0 aliphatic heterocycles. The molecule has 5 nitrogen and oxygen atoms in total. The lowest BCUT2D eigenvalue weighted by Gasteiger charge is -2.28. The highest BCUT2D eigenvalue weighted by Crippen LogP contribution is 2.19. The zero-order valence-electron chi connectivity index (χ0n) is 10.9. The predicted octanol–water partition coefficient (Wildman–Crippen LogP) is 0.979. The Morgan fingerprint density at radius 2 is 1.75 bits per heavy atom. The maximum absolute atomic E-state index is 10.7. The Morgan fingerprint density at radius 3 is 2.06 bits per heavy atom. The van der Waals surface area contributed by atoms with Gasteiger partial charge in [0.2, 0.25) is 6.41 Å². The average molecular weight is 249 g/mol. The monoisotopic (exact) mass is 249 g/mol. The van der Waals surface area contributed by atoms with Crippen molar-refractivity contribution in [1.29, 1.82) is 0 Å². The SMILES string of the molecule is CCN(C=O)CC(C)C[Si](OC)(OC)OC. The minimum Gasteiger partial charge on any atom is -0.377 e. The van der Waals surface area contributed by atoms with Gasteiger partial charge in [-0.25, -0.2) is 0 Å². The molecule has 0 rings (SSSR count). The minimum atomic E-state index is -2.52. The first kappa shape index (κ1) is 15.6. The van der Waals surface area contributed by atoms with Gasteiger partial charge < -0.3 is 18.2 Å². The second-order valence-corrected chi connectivity index (χ2v) is 6.80. The predicted molar refractivity (Wildman–Crippen MR) is 64.1 cm³/mol. The Balaban J connectivity index is 4.29. The molecular weight excluding hydrogens is 226 g/mol. The van der Waals surface area contributed by atoms with E-state index in [1.165, 1.54) is 0 Å². The summed E-state index contributed by atoms with van der Waals surface area (Å²) in [6.07, 6.45) is 0.867. The van der Waals surface area contributed by atoms with Gasteiger partial charge in [0.1, 0.15) is 0 Å². The average Bonchev–Trinajstić information content (AvgIpc) is 2.33. The van der Waals surface area contributed by atoms with Crippen LogP contribution in [-0.4, -0.2) is 54.5 Å². The van der Waals surface area contributed by atoms with Gasteiger partial charge in [-0.15, -0.1) is 0 Å².